The molecule has 1 heterocycles. The van der Waals surface area contributed by atoms with Crippen LogP contribution in [0.5, 0.6) is 0 Å². The zero-order valence-corrected chi connectivity index (χ0v) is 13.2. The Labute approximate surface area is 133 Å². The first-order valence-corrected chi connectivity index (χ1v) is 7.93. The minimum Gasteiger partial charge on any atom is -0.237 e. The smallest absolute Gasteiger partial charge is 0.116 e. The molecule has 1 nitrogen and oxygen atoms in total. The van der Waals surface area contributed by atoms with Gasteiger partial charge >= 0.3 is 0 Å². The molecule has 3 aromatic rings. The Balaban J connectivity index is 1.80. The zero-order chi connectivity index (χ0) is 14.7. The Hall–Kier alpha value is -1.90. The Kier molecular flexibility index (Phi) is 4.18. The van der Waals surface area contributed by atoms with Crippen molar-refractivity contribution in [3.05, 3.63) is 75.1 Å². The fourth-order valence-corrected chi connectivity index (χ4v) is 2.90. The van der Waals surface area contributed by atoms with Gasteiger partial charge in [-0.05, 0) is 30.7 Å². The van der Waals surface area contributed by atoms with Gasteiger partial charge in [-0.15, -0.1) is 11.3 Å². The molecule has 3 heteroatoms. The largest absolute Gasteiger partial charge is 0.237 e. The Morgan fingerprint density at radius 3 is 2.62 bits per heavy atom. The summed E-state index contributed by atoms with van der Waals surface area (Å²) in [5.74, 6) is 0. The molecule has 0 unspecified atom stereocenters. The van der Waals surface area contributed by atoms with E-state index in [4.69, 9.17) is 11.6 Å². The predicted molar refractivity (Wildman–Crippen MR) is 92.7 cm³/mol. The molecule has 104 valence electrons. The van der Waals surface area contributed by atoms with E-state index >= 15 is 0 Å². The number of hydrogen-bond acceptors (Lipinski definition) is 2. The second-order valence-electron chi connectivity index (χ2n) is 4.83. The maximum Gasteiger partial charge on any atom is 0.116 e. The lowest BCUT2D eigenvalue weighted by molar-refractivity contribution is 1.38. The fraction of sp³-hybridized carbons (Fsp3) is 0.0556. The van der Waals surface area contributed by atoms with Crippen molar-refractivity contribution in [2.75, 3.05) is 0 Å². The zero-order valence-electron chi connectivity index (χ0n) is 11.6. The van der Waals surface area contributed by atoms with Crippen LogP contribution in [0, 0.1) is 6.92 Å². The maximum atomic E-state index is 5.91. The molecule has 3 rings (SSSR count). The molecule has 21 heavy (non-hydrogen) atoms. The Morgan fingerprint density at radius 2 is 1.86 bits per heavy atom. The van der Waals surface area contributed by atoms with Gasteiger partial charge < -0.3 is 0 Å². The second kappa shape index (κ2) is 6.25. The third-order valence-electron chi connectivity index (χ3n) is 3.12. The van der Waals surface area contributed by atoms with E-state index in [1.165, 1.54) is 11.1 Å². The highest BCUT2D eigenvalue weighted by Crippen LogP contribution is 2.24. The molecule has 0 N–H and O–H groups in total. The highest BCUT2D eigenvalue weighted by atomic mass is 35.5. The van der Waals surface area contributed by atoms with Gasteiger partial charge in [0.25, 0.3) is 0 Å². The molecule has 0 radical (unpaired) electrons. The molecular formula is C18H14ClNS. The van der Waals surface area contributed by atoms with Crippen LogP contribution in [0.4, 0.5) is 0 Å². The average Bonchev–Trinajstić information content (AvgIpc) is 2.95. The molecule has 0 spiro atoms. The maximum absolute atomic E-state index is 5.91. The van der Waals surface area contributed by atoms with Crippen LogP contribution in [0.15, 0.2) is 53.9 Å². The van der Waals surface area contributed by atoms with Crippen LogP contribution in [-0.4, -0.2) is 4.98 Å². The molecule has 0 fully saturated rings. The number of aromatic nitrogens is 1. The highest BCUT2D eigenvalue weighted by molar-refractivity contribution is 7.10. The van der Waals surface area contributed by atoms with Crippen LogP contribution in [0.1, 0.15) is 16.1 Å². The van der Waals surface area contributed by atoms with Gasteiger partial charge in [-0.2, -0.15) is 0 Å². The van der Waals surface area contributed by atoms with Gasteiger partial charge in [0, 0.05) is 16.0 Å². The van der Waals surface area contributed by atoms with Crippen molar-refractivity contribution in [1.82, 2.24) is 4.98 Å². The Bertz CT molecular complexity index is 772. The van der Waals surface area contributed by atoms with Gasteiger partial charge in [-0.3, -0.25) is 0 Å². The molecule has 0 saturated heterocycles. The standard InChI is InChI=1S/C18H14ClNS/c1-13-3-2-4-14(11-13)5-10-18-20-17(12-21-18)15-6-8-16(19)9-7-15/h2-12H,1H3. The molecule has 0 atom stereocenters. The summed E-state index contributed by atoms with van der Waals surface area (Å²) in [4.78, 5) is 4.64. The van der Waals surface area contributed by atoms with Crippen LogP contribution < -0.4 is 0 Å². The van der Waals surface area contributed by atoms with Crippen molar-refractivity contribution in [3.63, 3.8) is 0 Å². The first kappa shape index (κ1) is 14.1. The van der Waals surface area contributed by atoms with Crippen molar-refractivity contribution in [1.29, 1.82) is 0 Å². The van der Waals surface area contributed by atoms with Crippen LogP contribution in [0.3, 0.4) is 0 Å². The molecule has 0 aliphatic rings. The Morgan fingerprint density at radius 1 is 1.05 bits per heavy atom. The van der Waals surface area contributed by atoms with Crippen LogP contribution in [0.2, 0.25) is 5.02 Å². The summed E-state index contributed by atoms with van der Waals surface area (Å²) in [6.07, 6.45) is 4.15. The lowest BCUT2D eigenvalue weighted by atomic mass is 10.1. The third-order valence-corrected chi connectivity index (χ3v) is 4.18. The number of rotatable bonds is 3. The van der Waals surface area contributed by atoms with Crippen LogP contribution >= 0.6 is 22.9 Å². The molecule has 0 aliphatic heterocycles. The van der Waals surface area contributed by atoms with E-state index in [2.05, 4.69) is 53.7 Å². The number of benzene rings is 2. The SMILES string of the molecule is Cc1cccc(C=Cc2nc(-c3ccc(Cl)cc3)cs2)c1. The summed E-state index contributed by atoms with van der Waals surface area (Å²) in [6.45, 7) is 2.10. The fourth-order valence-electron chi connectivity index (χ4n) is 2.06. The van der Waals surface area contributed by atoms with Crippen molar-refractivity contribution >= 4 is 35.1 Å². The van der Waals surface area contributed by atoms with Gasteiger partial charge in [0.05, 0.1) is 5.69 Å². The molecule has 0 bridgehead atoms. The lowest BCUT2D eigenvalue weighted by Crippen LogP contribution is -1.78. The first-order chi connectivity index (χ1) is 10.2. The van der Waals surface area contributed by atoms with Gasteiger partial charge in [0.15, 0.2) is 0 Å². The predicted octanol–water partition coefficient (Wildman–Crippen LogP) is 5.94. The first-order valence-electron chi connectivity index (χ1n) is 6.67. The van der Waals surface area contributed by atoms with Crippen molar-refractivity contribution in [2.24, 2.45) is 0 Å². The van der Waals surface area contributed by atoms with E-state index in [0.717, 1.165) is 21.3 Å². The molecule has 0 amide bonds. The van der Waals surface area contributed by atoms with E-state index in [9.17, 15) is 0 Å². The van der Waals surface area contributed by atoms with Crippen molar-refractivity contribution in [3.8, 4) is 11.3 Å². The van der Waals surface area contributed by atoms with E-state index < -0.39 is 0 Å². The molecule has 1 aromatic heterocycles. The van der Waals surface area contributed by atoms with Gasteiger partial charge in [0.1, 0.15) is 5.01 Å². The molecule has 0 saturated carbocycles. The van der Waals surface area contributed by atoms with E-state index in [1.54, 1.807) is 11.3 Å². The number of halogens is 1. The molecular weight excluding hydrogens is 298 g/mol. The summed E-state index contributed by atoms with van der Waals surface area (Å²) < 4.78 is 0. The summed E-state index contributed by atoms with van der Waals surface area (Å²) in [6, 6.07) is 16.2. The van der Waals surface area contributed by atoms with Crippen molar-refractivity contribution < 1.29 is 0 Å². The number of nitrogens with zero attached hydrogens (tertiary/aromatic N) is 1. The number of thiazole rings is 1. The van der Waals surface area contributed by atoms with Crippen molar-refractivity contribution in [2.45, 2.75) is 6.92 Å². The van der Waals surface area contributed by atoms with Gasteiger partial charge in [-0.25, -0.2) is 4.98 Å². The summed E-state index contributed by atoms with van der Waals surface area (Å²) in [5.41, 5.74) is 4.53. The molecule has 0 aliphatic carbocycles. The lowest BCUT2D eigenvalue weighted by Gasteiger charge is -1.96. The normalized spacial score (nSPS) is 11.1. The van der Waals surface area contributed by atoms with E-state index in [1.807, 2.05) is 24.3 Å². The van der Waals surface area contributed by atoms with Gasteiger partial charge in [-0.1, -0.05) is 59.6 Å². The van der Waals surface area contributed by atoms with Crippen LogP contribution in [-0.2, 0) is 0 Å². The quantitative estimate of drug-likeness (QED) is 0.583. The second-order valence-corrected chi connectivity index (χ2v) is 6.15. The van der Waals surface area contributed by atoms with Crippen LogP contribution in [0.25, 0.3) is 23.4 Å². The minimum absolute atomic E-state index is 0.744. The van der Waals surface area contributed by atoms with E-state index in [-0.39, 0.29) is 0 Å². The monoisotopic (exact) mass is 311 g/mol. The summed E-state index contributed by atoms with van der Waals surface area (Å²) in [7, 11) is 0. The highest BCUT2D eigenvalue weighted by Gasteiger charge is 2.02. The topological polar surface area (TPSA) is 12.9 Å². The molecule has 2 aromatic carbocycles. The number of aryl methyl sites for hydroxylation is 1. The summed E-state index contributed by atoms with van der Waals surface area (Å²) >= 11 is 7.55. The third kappa shape index (κ3) is 3.60. The van der Waals surface area contributed by atoms with Gasteiger partial charge in [0.2, 0.25) is 0 Å². The van der Waals surface area contributed by atoms with E-state index in [0.29, 0.717) is 0 Å². The summed E-state index contributed by atoms with van der Waals surface area (Å²) in [5, 5.41) is 3.81. The minimum atomic E-state index is 0.744. The number of hydrogen-bond donors (Lipinski definition) is 0. The average molecular weight is 312 g/mol.